The fourth-order valence-corrected chi connectivity index (χ4v) is 4.13. The van der Waals surface area contributed by atoms with Gasteiger partial charge in [-0.2, -0.15) is 0 Å². The van der Waals surface area contributed by atoms with Crippen LogP contribution in [0.2, 0.25) is 10.0 Å². The molecule has 1 aliphatic heterocycles. The van der Waals surface area contributed by atoms with Crippen LogP contribution in [0.5, 0.6) is 0 Å². The summed E-state index contributed by atoms with van der Waals surface area (Å²) in [5, 5.41) is 2.97. The molecule has 0 spiro atoms. The number of fused-ring (bicyclic) bond motifs is 1. The number of carbonyl (C=O) groups excluding carboxylic acids is 4. The molecular formula is C19H21Cl2N3O5. The first kappa shape index (κ1) is 21.5. The lowest BCUT2D eigenvalue weighted by Gasteiger charge is -2.21. The van der Waals surface area contributed by atoms with Crippen LogP contribution in [0.25, 0.3) is 0 Å². The maximum absolute atomic E-state index is 12.6. The summed E-state index contributed by atoms with van der Waals surface area (Å²) in [7, 11) is 0. The highest BCUT2D eigenvalue weighted by atomic mass is 35.5. The lowest BCUT2D eigenvalue weighted by molar-refractivity contribution is -0.159. The number of amides is 3. The number of imide groups is 1. The Balaban J connectivity index is 1.57. The van der Waals surface area contributed by atoms with E-state index < -0.39 is 24.5 Å². The number of hydrogen-bond acceptors (Lipinski definition) is 6. The van der Waals surface area contributed by atoms with Gasteiger partial charge in [0.05, 0.1) is 21.9 Å². The number of likely N-dealkylation sites (tertiary alicyclic amines) is 1. The van der Waals surface area contributed by atoms with Gasteiger partial charge in [0, 0.05) is 6.20 Å². The van der Waals surface area contributed by atoms with Gasteiger partial charge >= 0.3 is 5.97 Å². The smallest absolute Gasteiger partial charge is 0.329 e. The van der Waals surface area contributed by atoms with Gasteiger partial charge in [0.25, 0.3) is 5.91 Å². The molecule has 1 aromatic heterocycles. The maximum Gasteiger partial charge on any atom is 0.329 e. The number of aromatic nitrogens is 1. The maximum atomic E-state index is 12.6. The molecule has 3 atom stereocenters. The minimum atomic E-state index is -1.09. The molecule has 2 aliphatic rings. The van der Waals surface area contributed by atoms with Crippen molar-refractivity contribution in [1.29, 1.82) is 0 Å². The predicted molar refractivity (Wildman–Crippen MR) is 105 cm³/mol. The fraction of sp³-hybridized carbons (Fsp3) is 0.526. The van der Waals surface area contributed by atoms with E-state index in [0.29, 0.717) is 23.4 Å². The van der Waals surface area contributed by atoms with E-state index in [1.165, 1.54) is 13.1 Å². The van der Waals surface area contributed by atoms with Crippen molar-refractivity contribution in [2.45, 2.75) is 45.6 Å². The van der Waals surface area contributed by atoms with Crippen molar-refractivity contribution < 1.29 is 23.9 Å². The van der Waals surface area contributed by atoms with Crippen LogP contribution in [-0.2, 0) is 23.9 Å². The first-order valence-corrected chi connectivity index (χ1v) is 10.1. The summed E-state index contributed by atoms with van der Waals surface area (Å²) in [6, 6.07) is -1.09. The molecule has 156 valence electrons. The lowest BCUT2D eigenvalue weighted by atomic mass is 9.81. The van der Waals surface area contributed by atoms with Gasteiger partial charge in [-0.25, -0.2) is 9.78 Å². The van der Waals surface area contributed by atoms with Crippen LogP contribution in [0.15, 0.2) is 6.20 Å². The average molecular weight is 442 g/mol. The molecule has 1 N–H and O–H groups in total. The average Bonchev–Trinajstić information content (AvgIpc) is 2.96. The molecule has 8 nitrogen and oxygen atoms in total. The summed E-state index contributed by atoms with van der Waals surface area (Å²) in [5.74, 6) is -2.76. The number of pyridine rings is 1. The quantitative estimate of drug-likeness (QED) is 0.556. The fourth-order valence-electron chi connectivity index (χ4n) is 3.74. The molecule has 3 rings (SSSR count). The van der Waals surface area contributed by atoms with Gasteiger partial charge in [-0.15, -0.1) is 0 Å². The van der Waals surface area contributed by atoms with Crippen LogP contribution in [0.3, 0.4) is 0 Å². The van der Waals surface area contributed by atoms with Crippen LogP contribution in [0, 0.1) is 18.8 Å². The second kappa shape index (κ2) is 8.67. The van der Waals surface area contributed by atoms with E-state index in [1.807, 2.05) is 0 Å². The van der Waals surface area contributed by atoms with Crippen molar-refractivity contribution in [3.05, 3.63) is 21.8 Å². The van der Waals surface area contributed by atoms with E-state index in [2.05, 4.69) is 10.3 Å². The zero-order valence-electron chi connectivity index (χ0n) is 16.0. The third kappa shape index (κ3) is 4.23. The molecule has 0 bridgehead atoms. The summed E-state index contributed by atoms with van der Waals surface area (Å²) >= 11 is 12.0. The first-order valence-electron chi connectivity index (χ1n) is 9.36. The summed E-state index contributed by atoms with van der Waals surface area (Å²) in [5.41, 5.74) is 0.553. The number of nitrogens with one attached hydrogen (secondary N) is 1. The van der Waals surface area contributed by atoms with Gasteiger partial charge < -0.3 is 10.1 Å². The van der Waals surface area contributed by atoms with E-state index in [9.17, 15) is 19.2 Å². The molecule has 1 aliphatic carbocycles. The second-order valence-electron chi connectivity index (χ2n) is 7.27. The normalized spacial score (nSPS) is 22.3. The number of anilines is 1. The number of hydrogen-bond donors (Lipinski definition) is 1. The Morgan fingerprint density at radius 2 is 1.83 bits per heavy atom. The number of rotatable bonds is 5. The van der Waals surface area contributed by atoms with Crippen molar-refractivity contribution in [3.8, 4) is 0 Å². The zero-order valence-corrected chi connectivity index (χ0v) is 17.5. The van der Waals surface area contributed by atoms with Crippen LogP contribution < -0.4 is 5.32 Å². The van der Waals surface area contributed by atoms with Crippen molar-refractivity contribution >= 4 is 52.7 Å². The molecule has 0 aromatic carbocycles. The van der Waals surface area contributed by atoms with E-state index in [4.69, 9.17) is 27.9 Å². The van der Waals surface area contributed by atoms with Crippen LogP contribution >= 0.6 is 23.2 Å². The SMILES string of the molecule is Cc1c(Cl)cnc(NC(=O)COC(=O)[C@H](C)N2C(=O)C3CCCCC3C2=O)c1Cl. The molecule has 3 amide bonds. The third-order valence-electron chi connectivity index (χ3n) is 5.41. The standard InChI is InChI=1S/C19H21Cl2N3O5/c1-9-13(20)7-22-16(15(9)21)23-14(25)8-29-19(28)10(2)24-17(26)11-5-3-4-6-12(11)18(24)27/h7,10-12H,3-6,8H2,1-2H3,(H,22,23,25)/t10-,11?,12?/m0/s1. The minimum Gasteiger partial charge on any atom is -0.454 e. The number of carbonyl (C=O) groups is 4. The minimum absolute atomic E-state index is 0.0941. The summed E-state index contributed by atoms with van der Waals surface area (Å²) in [4.78, 5) is 54.4. The molecule has 10 heteroatoms. The topological polar surface area (TPSA) is 106 Å². The van der Waals surface area contributed by atoms with Gasteiger partial charge in [0.1, 0.15) is 6.04 Å². The van der Waals surface area contributed by atoms with Crippen molar-refractivity contribution in [1.82, 2.24) is 9.88 Å². The predicted octanol–water partition coefficient (Wildman–Crippen LogP) is 2.74. The van der Waals surface area contributed by atoms with Gasteiger partial charge in [-0.3, -0.25) is 19.3 Å². The van der Waals surface area contributed by atoms with Gasteiger partial charge in [0.15, 0.2) is 12.4 Å². The molecule has 29 heavy (non-hydrogen) atoms. The summed E-state index contributed by atoms with van der Waals surface area (Å²) in [6.07, 6.45) is 4.45. The molecule has 1 saturated carbocycles. The highest BCUT2D eigenvalue weighted by molar-refractivity contribution is 6.37. The monoisotopic (exact) mass is 441 g/mol. The Morgan fingerprint density at radius 3 is 2.41 bits per heavy atom. The number of nitrogens with zero attached hydrogens (tertiary/aromatic N) is 2. The Labute approximate surface area is 177 Å². The highest BCUT2D eigenvalue weighted by Gasteiger charge is 2.51. The summed E-state index contributed by atoms with van der Waals surface area (Å²) < 4.78 is 5.00. The molecule has 0 radical (unpaired) electrons. The van der Waals surface area contributed by atoms with Crippen LogP contribution in [0.4, 0.5) is 5.82 Å². The van der Waals surface area contributed by atoms with E-state index >= 15 is 0 Å². The Bertz CT molecular complexity index is 852. The van der Waals surface area contributed by atoms with E-state index in [1.54, 1.807) is 6.92 Å². The Morgan fingerprint density at radius 1 is 1.24 bits per heavy atom. The largest absolute Gasteiger partial charge is 0.454 e. The molecule has 1 saturated heterocycles. The zero-order chi connectivity index (χ0) is 21.3. The number of halogens is 2. The van der Waals surface area contributed by atoms with Crippen molar-refractivity contribution in [2.24, 2.45) is 11.8 Å². The van der Waals surface area contributed by atoms with E-state index in [-0.39, 0.29) is 34.5 Å². The molecule has 2 fully saturated rings. The Kier molecular flexibility index (Phi) is 6.43. The lowest BCUT2D eigenvalue weighted by Crippen LogP contribution is -2.45. The number of ether oxygens (including phenoxy) is 1. The first-order chi connectivity index (χ1) is 13.7. The van der Waals surface area contributed by atoms with Crippen LogP contribution in [0.1, 0.15) is 38.2 Å². The third-order valence-corrected chi connectivity index (χ3v) is 6.25. The van der Waals surface area contributed by atoms with Gasteiger partial charge in [0.2, 0.25) is 11.8 Å². The number of esters is 1. The molecule has 2 heterocycles. The second-order valence-corrected chi connectivity index (χ2v) is 8.05. The summed E-state index contributed by atoms with van der Waals surface area (Å²) in [6.45, 7) is 2.49. The van der Waals surface area contributed by atoms with Crippen LogP contribution in [-0.4, -0.2) is 46.2 Å². The molecule has 1 aromatic rings. The molecular weight excluding hydrogens is 421 g/mol. The van der Waals surface area contributed by atoms with E-state index in [0.717, 1.165) is 17.7 Å². The molecule has 2 unspecified atom stereocenters. The van der Waals surface area contributed by atoms with Gasteiger partial charge in [-0.05, 0) is 32.3 Å². The Hall–Kier alpha value is -2.19. The van der Waals surface area contributed by atoms with Gasteiger partial charge in [-0.1, -0.05) is 36.0 Å². The van der Waals surface area contributed by atoms with Crippen molar-refractivity contribution in [2.75, 3.05) is 11.9 Å². The highest BCUT2D eigenvalue weighted by Crippen LogP contribution is 2.39. The van der Waals surface area contributed by atoms with Crippen molar-refractivity contribution in [3.63, 3.8) is 0 Å².